The Balaban J connectivity index is 3.12. The number of benzene rings is 1. The van der Waals surface area contributed by atoms with Gasteiger partial charge in [-0.1, -0.05) is 6.92 Å². The number of hydrogen-bond acceptors (Lipinski definition) is 3. The van der Waals surface area contributed by atoms with E-state index in [-0.39, 0.29) is 5.54 Å². The molecule has 94 valence electrons. The van der Waals surface area contributed by atoms with Crippen LogP contribution in [0.1, 0.15) is 37.6 Å². The summed E-state index contributed by atoms with van der Waals surface area (Å²) in [5, 5.41) is 0. The number of nitrogens with zero attached hydrogens (tertiary/aromatic N) is 1. The first kappa shape index (κ1) is 13.4. The predicted octanol–water partition coefficient (Wildman–Crippen LogP) is 1.99. The van der Waals surface area contributed by atoms with Crippen molar-refractivity contribution in [3.63, 3.8) is 0 Å². The minimum Gasteiger partial charge on any atom is -0.397 e. The summed E-state index contributed by atoms with van der Waals surface area (Å²) in [5.74, 6) is -0.458. The van der Waals surface area contributed by atoms with Gasteiger partial charge in [-0.15, -0.1) is 0 Å². The summed E-state index contributed by atoms with van der Waals surface area (Å²) in [6, 6.07) is 5.17. The number of primary amides is 1. The number of hydrogen-bond donors (Lipinski definition) is 2. The number of amides is 1. The van der Waals surface area contributed by atoms with Gasteiger partial charge in [-0.05, 0) is 38.5 Å². The molecule has 4 heteroatoms. The van der Waals surface area contributed by atoms with E-state index in [2.05, 4.69) is 25.7 Å². The van der Waals surface area contributed by atoms with Gasteiger partial charge in [0.15, 0.2) is 0 Å². The fourth-order valence-electron chi connectivity index (χ4n) is 1.58. The van der Waals surface area contributed by atoms with Crippen molar-refractivity contribution >= 4 is 17.3 Å². The summed E-state index contributed by atoms with van der Waals surface area (Å²) in [7, 11) is 2.00. The molecule has 0 saturated heterocycles. The summed E-state index contributed by atoms with van der Waals surface area (Å²) < 4.78 is 0. The van der Waals surface area contributed by atoms with E-state index in [0.29, 0.717) is 11.3 Å². The van der Waals surface area contributed by atoms with Crippen molar-refractivity contribution in [3.05, 3.63) is 23.8 Å². The molecule has 1 amide bonds. The number of carbonyl (C=O) groups is 1. The van der Waals surface area contributed by atoms with E-state index < -0.39 is 5.91 Å². The van der Waals surface area contributed by atoms with Gasteiger partial charge in [0.2, 0.25) is 5.91 Å². The Bertz CT molecular complexity index is 427. The molecule has 0 aliphatic heterocycles. The van der Waals surface area contributed by atoms with Crippen LogP contribution in [0.3, 0.4) is 0 Å². The lowest BCUT2D eigenvalue weighted by Gasteiger charge is -2.37. The molecule has 4 N–H and O–H groups in total. The molecule has 0 aromatic heterocycles. The monoisotopic (exact) mass is 235 g/mol. The van der Waals surface area contributed by atoms with Crippen molar-refractivity contribution in [2.45, 2.75) is 32.7 Å². The maximum atomic E-state index is 11.0. The van der Waals surface area contributed by atoms with E-state index in [9.17, 15) is 4.79 Å². The molecule has 0 aliphatic carbocycles. The van der Waals surface area contributed by atoms with Crippen LogP contribution in [0.15, 0.2) is 18.2 Å². The Morgan fingerprint density at radius 3 is 2.41 bits per heavy atom. The number of nitrogens with two attached hydrogens (primary N) is 2. The van der Waals surface area contributed by atoms with Crippen LogP contribution in [-0.4, -0.2) is 18.5 Å². The van der Waals surface area contributed by atoms with Crippen molar-refractivity contribution in [3.8, 4) is 0 Å². The second kappa shape index (κ2) is 4.65. The van der Waals surface area contributed by atoms with E-state index >= 15 is 0 Å². The van der Waals surface area contributed by atoms with Gasteiger partial charge in [0.05, 0.1) is 11.4 Å². The molecule has 0 atom stereocenters. The number of anilines is 2. The minimum atomic E-state index is -0.458. The maximum Gasteiger partial charge on any atom is 0.248 e. The van der Waals surface area contributed by atoms with E-state index in [1.807, 2.05) is 13.1 Å². The zero-order chi connectivity index (χ0) is 13.2. The Hall–Kier alpha value is -1.71. The fraction of sp³-hybridized carbons (Fsp3) is 0.462. The van der Waals surface area contributed by atoms with Crippen molar-refractivity contribution in [2.75, 3.05) is 17.7 Å². The van der Waals surface area contributed by atoms with Gasteiger partial charge in [-0.2, -0.15) is 0 Å². The zero-order valence-corrected chi connectivity index (χ0v) is 10.9. The van der Waals surface area contributed by atoms with E-state index in [0.717, 1.165) is 12.1 Å². The Morgan fingerprint density at radius 1 is 1.41 bits per heavy atom. The van der Waals surface area contributed by atoms with Crippen LogP contribution in [-0.2, 0) is 0 Å². The highest BCUT2D eigenvalue weighted by Gasteiger charge is 2.23. The first-order chi connectivity index (χ1) is 7.79. The van der Waals surface area contributed by atoms with Crippen LogP contribution < -0.4 is 16.4 Å². The molecular weight excluding hydrogens is 214 g/mol. The van der Waals surface area contributed by atoms with Crippen LogP contribution in [0.4, 0.5) is 11.4 Å². The van der Waals surface area contributed by atoms with Gasteiger partial charge < -0.3 is 16.4 Å². The highest BCUT2D eigenvalue weighted by molar-refractivity contribution is 5.94. The number of nitrogen functional groups attached to an aromatic ring is 1. The van der Waals surface area contributed by atoms with E-state index in [1.54, 1.807) is 12.1 Å². The molecule has 1 rings (SSSR count). The zero-order valence-electron chi connectivity index (χ0n) is 10.9. The molecule has 0 spiro atoms. The molecule has 0 fully saturated rings. The van der Waals surface area contributed by atoms with Gasteiger partial charge in [-0.3, -0.25) is 4.79 Å². The third kappa shape index (κ3) is 2.70. The molecule has 0 unspecified atom stereocenters. The summed E-state index contributed by atoms with van der Waals surface area (Å²) in [5.41, 5.74) is 13.1. The number of carbonyl (C=O) groups excluding carboxylic acids is 1. The SMILES string of the molecule is CCC(C)(C)N(C)c1ccc(C(N)=O)cc1N. The molecule has 0 bridgehead atoms. The van der Waals surface area contributed by atoms with Gasteiger partial charge in [0, 0.05) is 18.2 Å². The summed E-state index contributed by atoms with van der Waals surface area (Å²) in [6.07, 6.45) is 1.00. The fourth-order valence-corrected chi connectivity index (χ4v) is 1.58. The van der Waals surface area contributed by atoms with Crippen LogP contribution in [0.25, 0.3) is 0 Å². The third-order valence-electron chi connectivity index (χ3n) is 3.45. The molecule has 1 aromatic rings. The van der Waals surface area contributed by atoms with Crippen LogP contribution in [0.2, 0.25) is 0 Å². The smallest absolute Gasteiger partial charge is 0.248 e. The first-order valence-electron chi connectivity index (χ1n) is 5.72. The third-order valence-corrected chi connectivity index (χ3v) is 3.45. The molecule has 17 heavy (non-hydrogen) atoms. The Morgan fingerprint density at radius 2 is 2.00 bits per heavy atom. The predicted molar refractivity (Wildman–Crippen MR) is 72.1 cm³/mol. The first-order valence-corrected chi connectivity index (χ1v) is 5.72. The standard InChI is InChI=1S/C13H21N3O/c1-5-13(2,3)16(4)11-7-6-9(12(15)17)8-10(11)14/h6-8H,5,14H2,1-4H3,(H2,15,17). The van der Waals surface area contributed by atoms with Gasteiger partial charge in [0.25, 0.3) is 0 Å². The van der Waals surface area contributed by atoms with Gasteiger partial charge in [-0.25, -0.2) is 0 Å². The van der Waals surface area contributed by atoms with E-state index in [4.69, 9.17) is 11.5 Å². The molecule has 0 saturated carbocycles. The lowest BCUT2D eigenvalue weighted by molar-refractivity contribution is 0.100. The Kier molecular flexibility index (Phi) is 3.66. The molecule has 0 radical (unpaired) electrons. The lowest BCUT2D eigenvalue weighted by atomic mass is 9.98. The quantitative estimate of drug-likeness (QED) is 0.784. The van der Waals surface area contributed by atoms with E-state index in [1.165, 1.54) is 0 Å². The second-order valence-electron chi connectivity index (χ2n) is 4.86. The van der Waals surface area contributed by atoms with Crippen LogP contribution in [0, 0.1) is 0 Å². The maximum absolute atomic E-state index is 11.0. The molecule has 1 aromatic carbocycles. The molecule has 0 aliphatic rings. The van der Waals surface area contributed by atoms with Crippen molar-refractivity contribution in [1.82, 2.24) is 0 Å². The topological polar surface area (TPSA) is 72.3 Å². The van der Waals surface area contributed by atoms with Gasteiger partial charge in [0.1, 0.15) is 0 Å². The highest BCUT2D eigenvalue weighted by atomic mass is 16.1. The van der Waals surface area contributed by atoms with Crippen molar-refractivity contribution in [1.29, 1.82) is 0 Å². The number of rotatable bonds is 4. The lowest BCUT2D eigenvalue weighted by Crippen LogP contribution is -2.40. The van der Waals surface area contributed by atoms with Gasteiger partial charge >= 0.3 is 0 Å². The van der Waals surface area contributed by atoms with Crippen LogP contribution in [0.5, 0.6) is 0 Å². The highest BCUT2D eigenvalue weighted by Crippen LogP contribution is 2.30. The molecular formula is C13H21N3O. The normalized spacial score (nSPS) is 11.3. The summed E-state index contributed by atoms with van der Waals surface area (Å²) in [4.78, 5) is 13.2. The average molecular weight is 235 g/mol. The Labute approximate surface area is 103 Å². The molecule has 4 nitrogen and oxygen atoms in total. The largest absolute Gasteiger partial charge is 0.397 e. The molecule has 0 heterocycles. The van der Waals surface area contributed by atoms with Crippen molar-refractivity contribution < 1.29 is 4.79 Å². The summed E-state index contributed by atoms with van der Waals surface area (Å²) >= 11 is 0. The van der Waals surface area contributed by atoms with Crippen molar-refractivity contribution in [2.24, 2.45) is 5.73 Å². The minimum absolute atomic E-state index is 0.0162. The average Bonchev–Trinajstić information content (AvgIpc) is 2.27. The summed E-state index contributed by atoms with van der Waals surface area (Å²) in [6.45, 7) is 6.42. The second-order valence-corrected chi connectivity index (χ2v) is 4.86. The van der Waals surface area contributed by atoms with Crippen LogP contribution >= 0.6 is 0 Å².